The molecule has 0 amide bonds. The van der Waals surface area contributed by atoms with E-state index in [0.29, 0.717) is 29.4 Å². The number of rotatable bonds is 9. The topological polar surface area (TPSA) is 44.8 Å². The van der Waals surface area contributed by atoms with Gasteiger partial charge in [0.15, 0.2) is 11.1 Å². The van der Waals surface area contributed by atoms with E-state index in [4.69, 9.17) is 37.4 Å². The molecule has 47 heavy (non-hydrogen) atoms. The van der Waals surface area contributed by atoms with Crippen molar-refractivity contribution < 1.29 is 45.3 Å². The van der Waals surface area contributed by atoms with Gasteiger partial charge in [0, 0.05) is 0 Å². The third-order valence-corrected chi connectivity index (χ3v) is 9.37. The number of ether oxygens (including phenoxy) is 3. The Morgan fingerprint density at radius 1 is 0.745 bits per heavy atom. The lowest BCUT2D eigenvalue weighted by Crippen LogP contribution is -2.24. The highest BCUT2D eigenvalue weighted by molar-refractivity contribution is 14.1. The normalized spacial score (nSPS) is 14.0. The van der Waals surface area contributed by atoms with Gasteiger partial charge in [-0.1, -0.05) is 41.4 Å². The summed E-state index contributed by atoms with van der Waals surface area (Å²) in [5.41, 5.74) is -3.20. The Balaban J connectivity index is 1.90. The van der Waals surface area contributed by atoms with Crippen molar-refractivity contribution in [3.63, 3.8) is 0 Å². The maximum absolute atomic E-state index is 13.4. The molecule has 14 heteroatoms. The lowest BCUT2D eigenvalue weighted by Gasteiger charge is -2.20. The van der Waals surface area contributed by atoms with E-state index in [-0.39, 0.29) is 17.1 Å². The van der Waals surface area contributed by atoms with Crippen LogP contribution in [0.3, 0.4) is 0 Å². The fourth-order valence-electron chi connectivity index (χ4n) is 4.00. The Morgan fingerprint density at radius 2 is 1.19 bits per heavy atom. The summed E-state index contributed by atoms with van der Waals surface area (Å²) in [5, 5.41) is 0. The average Bonchev–Trinajstić information content (AvgIpc) is 2.93. The SMILES string of the molecule is Cc1cc(C(F)(F)F)cc(OC(Cl)C=Cc2ccc(C(=O)OC(C)(C)C)c(C=CC(Cl)Oc3cc(C(F)(F)F)cc(C)c3I)c2)c1I. The first kappa shape index (κ1) is 39.3. The second kappa shape index (κ2) is 15.6. The highest BCUT2D eigenvalue weighted by Crippen LogP contribution is 2.37. The lowest BCUT2D eigenvalue weighted by atomic mass is 10.0. The summed E-state index contributed by atoms with van der Waals surface area (Å²) >= 11 is 16.4. The molecule has 3 aromatic rings. The molecule has 0 aliphatic heterocycles. The van der Waals surface area contributed by atoms with Crippen molar-refractivity contribution in [2.75, 3.05) is 0 Å². The summed E-state index contributed by atoms with van der Waals surface area (Å²) in [6.07, 6.45) is -3.38. The van der Waals surface area contributed by atoms with E-state index >= 15 is 0 Å². The number of hydrogen-bond acceptors (Lipinski definition) is 4. The highest BCUT2D eigenvalue weighted by Gasteiger charge is 2.33. The molecule has 2 unspecified atom stereocenters. The molecule has 3 rings (SSSR count). The van der Waals surface area contributed by atoms with Crippen LogP contribution in [0.25, 0.3) is 12.2 Å². The number of benzene rings is 3. The Labute approximate surface area is 305 Å². The minimum absolute atomic E-state index is 0.0368. The molecule has 0 heterocycles. The van der Waals surface area contributed by atoms with Crippen LogP contribution in [0.5, 0.6) is 11.5 Å². The van der Waals surface area contributed by atoms with Crippen LogP contribution in [0.4, 0.5) is 26.3 Å². The minimum atomic E-state index is -4.58. The number of esters is 1. The molecule has 4 nitrogen and oxygen atoms in total. The van der Waals surface area contributed by atoms with Gasteiger partial charge >= 0.3 is 18.3 Å². The zero-order valence-corrected chi connectivity index (χ0v) is 31.2. The molecular formula is C33H28Cl2F6I2O4. The van der Waals surface area contributed by atoms with Gasteiger partial charge in [0.05, 0.1) is 23.8 Å². The van der Waals surface area contributed by atoms with Crippen molar-refractivity contribution in [1.29, 1.82) is 0 Å². The van der Waals surface area contributed by atoms with Gasteiger partial charge in [0.25, 0.3) is 0 Å². The monoisotopic (exact) mass is 926 g/mol. The van der Waals surface area contributed by atoms with Gasteiger partial charge < -0.3 is 14.2 Å². The summed E-state index contributed by atoms with van der Waals surface area (Å²) < 4.78 is 97.7. The first-order chi connectivity index (χ1) is 21.5. The number of carbonyl (C=O) groups excluding carboxylic acids is 1. The lowest BCUT2D eigenvalue weighted by molar-refractivity contribution is -0.138. The van der Waals surface area contributed by atoms with Crippen molar-refractivity contribution in [3.8, 4) is 11.5 Å². The summed E-state index contributed by atoms with van der Waals surface area (Å²) in [4.78, 5) is 13.0. The van der Waals surface area contributed by atoms with E-state index in [2.05, 4.69) is 0 Å². The molecule has 0 aliphatic carbocycles. The van der Waals surface area contributed by atoms with Crippen LogP contribution >= 0.6 is 68.4 Å². The van der Waals surface area contributed by atoms with E-state index in [9.17, 15) is 31.1 Å². The maximum Gasteiger partial charge on any atom is 0.416 e. The average molecular weight is 927 g/mol. The summed E-state index contributed by atoms with van der Waals surface area (Å²) in [6.45, 7) is 8.15. The van der Waals surface area contributed by atoms with Gasteiger partial charge in [0.2, 0.25) is 0 Å². The smallest absolute Gasteiger partial charge is 0.416 e. The van der Waals surface area contributed by atoms with Crippen molar-refractivity contribution in [1.82, 2.24) is 0 Å². The van der Waals surface area contributed by atoms with E-state index in [1.54, 1.807) is 39.0 Å². The Morgan fingerprint density at radius 3 is 1.62 bits per heavy atom. The zero-order valence-electron chi connectivity index (χ0n) is 25.4. The molecule has 0 radical (unpaired) electrons. The van der Waals surface area contributed by atoms with Gasteiger partial charge in [0.1, 0.15) is 17.1 Å². The van der Waals surface area contributed by atoms with Crippen LogP contribution in [0.15, 0.2) is 54.6 Å². The van der Waals surface area contributed by atoms with E-state index in [1.165, 1.54) is 38.1 Å². The van der Waals surface area contributed by atoms with Gasteiger partial charge in [-0.2, -0.15) is 26.3 Å². The third kappa shape index (κ3) is 11.5. The molecule has 0 spiro atoms. The quantitative estimate of drug-likeness (QED) is 0.0928. The van der Waals surface area contributed by atoms with Crippen LogP contribution in [0.2, 0.25) is 0 Å². The summed E-state index contributed by atoms with van der Waals surface area (Å²) in [6, 6.07) is 8.46. The molecule has 0 bridgehead atoms. The van der Waals surface area contributed by atoms with Crippen molar-refractivity contribution in [3.05, 3.63) is 101 Å². The molecule has 0 N–H and O–H groups in total. The van der Waals surface area contributed by atoms with Gasteiger partial charge in [-0.15, -0.1) is 0 Å². The standard InChI is InChI=1S/C33H28Cl2F6I2O4/c1-17-12-21(32(36,37)38)15-24(28(17)42)45-26(34)10-7-19-6-9-23(30(44)47-31(3,4)5)20(14-19)8-11-27(35)46-25-16-22(33(39,40)41)13-18(2)29(25)43/h6-16,26-27H,1-5H3. The number of halogens is 10. The fraction of sp³-hybridized carbons (Fsp3) is 0.303. The minimum Gasteiger partial charge on any atom is -0.470 e. The number of alkyl halides is 8. The van der Waals surface area contributed by atoms with Crippen molar-refractivity contribution in [2.45, 2.75) is 63.7 Å². The Hall–Kier alpha value is -2.17. The van der Waals surface area contributed by atoms with E-state index < -0.39 is 46.2 Å². The zero-order chi connectivity index (χ0) is 35.5. The van der Waals surface area contributed by atoms with Crippen molar-refractivity contribution >= 4 is 86.5 Å². The Kier molecular flexibility index (Phi) is 13.0. The van der Waals surface area contributed by atoms with Crippen molar-refractivity contribution in [2.24, 2.45) is 0 Å². The van der Waals surface area contributed by atoms with Crippen LogP contribution < -0.4 is 9.47 Å². The molecule has 0 saturated heterocycles. The molecule has 0 aromatic heterocycles. The number of hydrogen-bond donors (Lipinski definition) is 0. The van der Waals surface area contributed by atoms with E-state index in [0.717, 1.165) is 24.3 Å². The first-order valence-corrected chi connectivity index (χ1v) is 16.7. The molecule has 2 atom stereocenters. The van der Waals surface area contributed by atoms with Gasteiger partial charge in [-0.05, 0) is 151 Å². The molecule has 0 saturated carbocycles. The van der Waals surface area contributed by atoms with Crippen LogP contribution in [0, 0.1) is 21.0 Å². The third-order valence-electron chi connectivity index (χ3n) is 6.14. The Bertz CT molecular complexity index is 1680. The van der Waals surface area contributed by atoms with Gasteiger partial charge in [-0.3, -0.25) is 0 Å². The van der Waals surface area contributed by atoms with Crippen LogP contribution in [-0.2, 0) is 17.1 Å². The largest absolute Gasteiger partial charge is 0.470 e. The molecule has 254 valence electrons. The van der Waals surface area contributed by atoms with Crippen LogP contribution in [0.1, 0.15) is 64.5 Å². The highest BCUT2D eigenvalue weighted by atomic mass is 127. The summed E-state index contributed by atoms with van der Waals surface area (Å²) in [7, 11) is 0. The van der Waals surface area contributed by atoms with Gasteiger partial charge in [-0.25, -0.2) is 4.79 Å². The maximum atomic E-state index is 13.4. The number of aryl methyl sites for hydroxylation is 2. The predicted molar refractivity (Wildman–Crippen MR) is 188 cm³/mol. The summed E-state index contributed by atoms with van der Waals surface area (Å²) in [5.74, 6) is -0.744. The second-order valence-corrected chi connectivity index (χ2v) is 14.2. The predicted octanol–water partition coefficient (Wildman–Crippen LogP) is 11.8. The number of carbonyl (C=O) groups is 1. The molecular weight excluding hydrogens is 899 g/mol. The van der Waals surface area contributed by atoms with Crippen LogP contribution in [-0.4, -0.2) is 22.7 Å². The molecule has 3 aromatic carbocycles. The van der Waals surface area contributed by atoms with E-state index in [1.807, 2.05) is 45.2 Å². The first-order valence-electron chi connectivity index (χ1n) is 13.6. The fourth-order valence-corrected chi connectivity index (χ4v) is 5.22. The molecule has 0 aliphatic rings. The second-order valence-electron chi connectivity index (χ2n) is 11.2. The molecule has 0 fully saturated rings.